The average Bonchev–Trinajstić information content (AvgIpc) is 2.27. The average molecular weight is 304 g/mol. The summed E-state index contributed by atoms with van der Waals surface area (Å²) in [5.74, 6) is 0. The van der Waals surface area contributed by atoms with Crippen LogP contribution in [0.3, 0.4) is 0 Å². The molecule has 1 fully saturated rings. The Morgan fingerprint density at radius 2 is 1.52 bits per heavy atom. The number of rotatable bonds is 5. The van der Waals surface area contributed by atoms with Crippen LogP contribution < -0.4 is 0 Å². The Kier molecular flexibility index (Phi) is 5.19. The van der Waals surface area contributed by atoms with E-state index >= 15 is 0 Å². The first kappa shape index (κ1) is 18.8. The van der Waals surface area contributed by atoms with E-state index in [2.05, 4.69) is 0 Å². The molecule has 3 unspecified atom stereocenters. The second-order valence-corrected chi connectivity index (χ2v) is 8.46. The first-order chi connectivity index (χ1) is 9.43. The summed E-state index contributed by atoms with van der Waals surface area (Å²) < 4.78 is 5.60. The van der Waals surface area contributed by atoms with Crippen LogP contribution in [0.4, 0.5) is 0 Å². The minimum atomic E-state index is -1.09. The molecule has 0 aromatic heterocycles. The standard InChI is InChI=1S/C16H32O5/c1-13(2,3)15(7-17,8-18)11(20)12-16(9-19,10-21-12)14(4,5)6/h11-12,17-20H,7-10H2,1-6H3. The zero-order valence-electron chi connectivity index (χ0n) is 14.2. The molecule has 4 N–H and O–H groups in total. The smallest absolute Gasteiger partial charge is 0.0946 e. The Morgan fingerprint density at radius 3 is 1.71 bits per heavy atom. The van der Waals surface area contributed by atoms with Crippen molar-refractivity contribution in [1.82, 2.24) is 0 Å². The molecule has 0 aliphatic carbocycles. The van der Waals surface area contributed by atoms with Crippen LogP contribution in [0, 0.1) is 21.7 Å². The molecule has 3 atom stereocenters. The molecular formula is C16H32O5. The van der Waals surface area contributed by atoms with Crippen molar-refractivity contribution in [3.05, 3.63) is 0 Å². The van der Waals surface area contributed by atoms with Gasteiger partial charge in [-0.15, -0.1) is 0 Å². The molecule has 1 saturated heterocycles. The fourth-order valence-corrected chi connectivity index (χ4v) is 3.23. The molecule has 5 nitrogen and oxygen atoms in total. The molecule has 5 heteroatoms. The Morgan fingerprint density at radius 1 is 1.05 bits per heavy atom. The van der Waals surface area contributed by atoms with Gasteiger partial charge in [0, 0.05) is 5.41 Å². The summed E-state index contributed by atoms with van der Waals surface area (Å²) in [6, 6.07) is 0. The minimum Gasteiger partial charge on any atom is -0.396 e. The van der Waals surface area contributed by atoms with Gasteiger partial charge in [-0.1, -0.05) is 41.5 Å². The van der Waals surface area contributed by atoms with Crippen LogP contribution in [-0.2, 0) is 4.74 Å². The van der Waals surface area contributed by atoms with E-state index < -0.39 is 28.5 Å². The van der Waals surface area contributed by atoms with Gasteiger partial charge in [0.05, 0.1) is 44.1 Å². The van der Waals surface area contributed by atoms with Crippen LogP contribution in [-0.4, -0.2) is 59.1 Å². The molecule has 0 aromatic carbocycles. The van der Waals surface area contributed by atoms with Crippen LogP contribution in [0.25, 0.3) is 0 Å². The highest BCUT2D eigenvalue weighted by molar-refractivity contribution is 5.10. The van der Waals surface area contributed by atoms with Crippen LogP contribution in [0.15, 0.2) is 0 Å². The van der Waals surface area contributed by atoms with Crippen LogP contribution in [0.1, 0.15) is 41.5 Å². The fourth-order valence-electron chi connectivity index (χ4n) is 3.23. The van der Waals surface area contributed by atoms with Gasteiger partial charge in [-0.25, -0.2) is 0 Å². The maximum absolute atomic E-state index is 10.9. The van der Waals surface area contributed by atoms with Gasteiger partial charge in [-0.2, -0.15) is 0 Å². The molecule has 0 aromatic rings. The monoisotopic (exact) mass is 304 g/mol. The van der Waals surface area contributed by atoms with Gasteiger partial charge in [0.25, 0.3) is 0 Å². The first-order valence-corrected chi connectivity index (χ1v) is 7.56. The lowest BCUT2D eigenvalue weighted by Gasteiger charge is -2.61. The first-order valence-electron chi connectivity index (χ1n) is 7.56. The summed E-state index contributed by atoms with van der Waals surface area (Å²) in [5, 5.41) is 40.5. The third-order valence-corrected chi connectivity index (χ3v) is 5.75. The lowest BCUT2D eigenvalue weighted by atomic mass is 9.54. The van der Waals surface area contributed by atoms with E-state index in [1.165, 1.54) is 0 Å². The van der Waals surface area contributed by atoms with Crippen molar-refractivity contribution in [2.24, 2.45) is 21.7 Å². The van der Waals surface area contributed by atoms with E-state index in [1.54, 1.807) is 0 Å². The molecule has 21 heavy (non-hydrogen) atoms. The summed E-state index contributed by atoms with van der Waals surface area (Å²) in [6.45, 7) is 11.2. The highest BCUT2D eigenvalue weighted by atomic mass is 16.5. The van der Waals surface area contributed by atoms with Crippen molar-refractivity contribution < 1.29 is 25.2 Å². The topological polar surface area (TPSA) is 90.2 Å². The van der Waals surface area contributed by atoms with E-state index in [0.29, 0.717) is 6.61 Å². The van der Waals surface area contributed by atoms with Gasteiger partial charge in [0.1, 0.15) is 0 Å². The SMILES string of the molecule is CC(C)(C)C(CO)(CO)C(O)C1OCC1(CO)C(C)(C)C. The second kappa shape index (κ2) is 5.78. The van der Waals surface area contributed by atoms with Crippen LogP contribution in [0.2, 0.25) is 0 Å². The molecule has 1 heterocycles. The van der Waals surface area contributed by atoms with Crippen LogP contribution >= 0.6 is 0 Å². The van der Waals surface area contributed by atoms with E-state index in [0.717, 1.165) is 0 Å². The molecule has 126 valence electrons. The second-order valence-electron chi connectivity index (χ2n) is 8.46. The van der Waals surface area contributed by atoms with Crippen molar-refractivity contribution >= 4 is 0 Å². The zero-order valence-corrected chi connectivity index (χ0v) is 14.2. The highest BCUT2D eigenvalue weighted by Crippen LogP contribution is 2.54. The van der Waals surface area contributed by atoms with Gasteiger partial charge < -0.3 is 25.2 Å². The predicted octanol–water partition coefficient (Wildman–Crippen LogP) is 0.788. The molecule has 0 spiro atoms. The summed E-state index contributed by atoms with van der Waals surface area (Å²) in [7, 11) is 0. The van der Waals surface area contributed by atoms with Crippen molar-refractivity contribution in [1.29, 1.82) is 0 Å². The van der Waals surface area contributed by atoms with E-state index in [-0.39, 0.29) is 25.2 Å². The maximum Gasteiger partial charge on any atom is 0.0946 e. The van der Waals surface area contributed by atoms with Gasteiger partial charge in [-0.05, 0) is 10.8 Å². The lowest BCUT2D eigenvalue weighted by Crippen LogP contribution is -2.70. The third-order valence-electron chi connectivity index (χ3n) is 5.75. The zero-order chi connectivity index (χ0) is 16.7. The van der Waals surface area contributed by atoms with Gasteiger partial charge in [-0.3, -0.25) is 0 Å². The Hall–Kier alpha value is -0.200. The van der Waals surface area contributed by atoms with Crippen molar-refractivity contribution in [3.63, 3.8) is 0 Å². The van der Waals surface area contributed by atoms with E-state index in [4.69, 9.17) is 4.74 Å². The molecule has 1 rings (SSSR count). The summed E-state index contributed by atoms with van der Waals surface area (Å²) >= 11 is 0. The number of aliphatic hydroxyl groups excluding tert-OH is 4. The Labute approximate surface area is 127 Å². The normalized spacial score (nSPS) is 29.1. The molecule has 1 aliphatic rings. The fraction of sp³-hybridized carbons (Fsp3) is 1.00. The molecule has 0 saturated carbocycles. The lowest BCUT2D eigenvalue weighted by molar-refractivity contribution is -0.307. The number of aliphatic hydroxyl groups is 4. The van der Waals surface area contributed by atoms with Gasteiger partial charge >= 0.3 is 0 Å². The van der Waals surface area contributed by atoms with Crippen LogP contribution in [0.5, 0.6) is 0 Å². The molecule has 0 radical (unpaired) electrons. The molecule has 1 aliphatic heterocycles. The van der Waals surface area contributed by atoms with Gasteiger partial charge in [0.2, 0.25) is 0 Å². The van der Waals surface area contributed by atoms with Crippen molar-refractivity contribution in [2.75, 3.05) is 26.4 Å². The molecule has 0 amide bonds. The van der Waals surface area contributed by atoms with E-state index in [1.807, 2.05) is 41.5 Å². The highest BCUT2D eigenvalue weighted by Gasteiger charge is 2.63. The minimum absolute atomic E-state index is 0.102. The Bertz CT molecular complexity index is 347. The Balaban J connectivity index is 3.20. The number of hydrogen-bond acceptors (Lipinski definition) is 5. The molecular weight excluding hydrogens is 272 g/mol. The van der Waals surface area contributed by atoms with Crippen molar-refractivity contribution in [2.45, 2.75) is 53.8 Å². The van der Waals surface area contributed by atoms with E-state index in [9.17, 15) is 20.4 Å². The number of ether oxygens (including phenoxy) is 1. The third kappa shape index (κ3) is 2.63. The summed E-state index contributed by atoms with van der Waals surface area (Å²) in [6.07, 6.45) is -1.67. The number of hydrogen-bond donors (Lipinski definition) is 4. The van der Waals surface area contributed by atoms with Gasteiger partial charge in [0.15, 0.2) is 0 Å². The summed E-state index contributed by atoms with van der Waals surface area (Å²) in [5.41, 5.74) is -2.45. The summed E-state index contributed by atoms with van der Waals surface area (Å²) in [4.78, 5) is 0. The predicted molar refractivity (Wildman–Crippen MR) is 80.8 cm³/mol. The molecule has 0 bridgehead atoms. The van der Waals surface area contributed by atoms with Crippen molar-refractivity contribution in [3.8, 4) is 0 Å². The maximum atomic E-state index is 10.9. The quantitative estimate of drug-likeness (QED) is 0.603. The largest absolute Gasteiger partial charge is 0.396 e.